The van der Waals surface area contributed by atoms with E-state index < -0.39 is 0 Å². The van der Waals surface area contributed by atoms with Gasteiger partial charge in [-0.25, -0.2) is 0 Å². The first-order chi connectivity index (χ1) is 10.4. The molecule has 0 aromatic carbocycles. The Labute approximate surface area is 123 Å². The summed E-state index contributed by atoms with van der Waals surface area (Å²) >= 11 is 0. The minimum absolute atomic E-state index is 0.209. The second-order valence-corrected chi connectivity index (χ2v) is 6.15. The van der Waals surface area contributed by atoms with Crippen molar-refractivity contribution in [3.05, 3.63) is 29.7 Å². The summed E-state index contributed by atoms with van der Waals surface area (Å²) in [4.78, 5) is 4.52. The van der Waals surface area contributed by atoms with Gasteiger partial charge in [-0.05, 0) is 31.6 Å². The first-order valence-corrected chi connectivity index (χ1v) is 7.86. The molecule has 0 spiro atoms. The number of aromatic nitrogens is 3. The molecule has 1 saturated carbocycles. The van der Waals surface area contributed by atoms with Crippen molar-refractivity contribution in [3.63, 3.8) is 0 Å². The molecule has 1 saturated heterocycles. The summed E-state index contributed by atoms with van der Waals surface area (Å²) < 4.78 is 10.5. The van der Waals surface area contributed by atoms with Crippen LogP contribution in [0.1, 0.15) is 62.0 Å². The van der Waals surface area contributed by atoms with E-state index in [1.807, 2.05) is 6.07 Å². The van der Waals surface area contributed by atoms with E-state index in [1.165, 1.54) is 32.1 Å². The third-order valence-electron chi connectivity index (χ3n) is 4.76. The minimum Gasteiger partial charge on any atom is -0.361 e. The summed E-state index contributed by atoms with van der Waals surface area (Å²) in [6.45, 7) is 0. The molecule has 4 rings (SSSR count). The zero-order chi connectivity index (χ0) is 14.1. The van der Waals surface area contributed by atoms with Crippen LogP contribution >= 0.6 is 0 Å². The standard InChI is InChI=1S/C15H20N4O2/c1-2-4-12-10(3-1)5-6-13(17-12)15-18-14(19-21-15)9-11-7-8-16-20-11/h7-8,10,12-13,17H,1-6,9H2. The highest BCUT2D eigenvalue weighted by molar-refractivity contribution is 5.05. The molecule has 6 nitrogen and oxygen atoms in total. The maximum absolute atomic E-state index is 5.45. The highest BCUT2D eigenvalue weighted by Crippen LogP contribution is 2.36. The van der Waals surface area contributed by atoms with Gasteiger partial charge in [0.05, 0.1) is 18.7 Å². The lowest BCUT2D eigenvalue weighted by molar-refractivity contribution is 0.158. The number of hydrogen-bond acceptors (Lipinski definition) is 6. The highest BCUT2D eigenvalue weighted by atomic mass is 16.5. The molecule has 2 fully saturated rings. The third kappa shape index (κ3) is 2.72. The molecule has 0 amide bonds. The molecule has 1 aliphatic carbocycles. The van der Waals surface area contributed by atoms with Gasteiger partial charge in [0.2, 0.25) is 5.89 Å². The summed E-state index contributed by atoms with van der Waals surface area (Å²) in [6, 6.07) is 2.66. The Morgan fingerprint density at radius 1 is 1.14 bits per heavy atom. The van der Waals surface area contributed by atoms with E-state index in [9.17, 15) is 0 Å². The molecule has 3 heterocycles. The lowest BCUT2D eigenvalue weighted by atomic mass is 9.78. The van der Waals surface area contributed by atoms with Gasteiger partial charge >= 0.3 is 0 Å². The summed E-state index contributed by atoms with van der Waals surface area (Å²) in [5.41, 5.74) is 0. The van der Waals surface area contributed by atoms with E-state index in [0.29, 0.717) is 24.2 Å². The summed E-state index contributed by atoms with van der Waals surface area (Å²) in [6.07, 6.45) is 9.87. The molecule has 1 aliphatic heterocycles. The van der Waals surface area contributed by atoms with Crippen molar-refractivity contribution in [3.8, 4) is 0 Å². The average Bonchev–Trinajstić information content (AvgIpc) is 3.19. The second kappa shape index (κ2) is 5.60. The van der Waals surface area contributed by atoms with Crippen molar-refractivity contribution < 1.29 is 9.05 Å². The highest BCUT2D eigenvalue weighted by Gasteiger charge is 2.34. The van der Waals surface area contributed by atoms with Gasteiger partial charge < -0.3 is 14.4 Å². The van der Waals surface area contributed by atoms with E-state index in [0.717, 1.165) is 18.1 Å². The van der Waals surface area contributed by atoms with Crippen LogP contribution < -0.4 is 5.32 Å². The molecule has 112 valence electrons. The van der Waals surface area contributed by atoms with Crippen molar-refractivity contribution in [2.45, 2.75) is 57.0 Å². The lowest BCUT2D eigenvalue weighted by Gasteiger charge is -2.39. The molecule has 2 aromatic rings. The summed E-state index contributed by atoms with van der Waals surface area (Å²) in [5, 5.41) is 11.5. The summed E-state index contributed by atoms with van der Waals surface area (Å²) in [7, 11) is 0. The van der Waals surface area contributed by atoms with Crippen LogP contribution in [0.25, 0.3) is 0 Å². The predicted octanol–water partition coefficient (Wildman–Crippen LogP) is 2.63. The van der Waals surface area contributed by atoms with Crippen LogP contribution in [0.4, 0.5) is 0 Å². The fourth-order valence-electron chi connectivity index (χ4n) is 3.66. The van der Waals surface area contributed by atoms with Crippen LogP contribution in [-0.2, 0) is 6.42 Å². The van der Waals surface area contributed by atoms with E-state index in [4.69, 9.17) is 9.05 Å². The molecule has 2 aliphatic rings. The van der Waals surface area contributed by atoms with Gasteiger partial charge in [-0.2, -0.15) is 4.98 Å². The van der Waals surface area contributed by atoms with Gasteiger partial charge in [-0.1, -0.05) is 23.2 Å². The van der Waals surface area contributed by atoms with Crippen molar-refractivity contribution in [2.24, 2.45) is 5.92 Å². The number of piperidine rings is 1. The van der Waals surface area contributed by atoms with Crippen molar-refractivity contribution in [2.75, 3.05) is 0 Å². The molecular weight excluding hydrogens is 268 g/mol. The Balaban J connectivity index is 1.43. The molecule has 3 unspecified atom stereocenters. The van der Waals surface area contributed by atoms with Gasteiger partial charge in [0.1, 0.15) is 5.76 Å². The van der Waals surface area contributed by atoms with Crippen molar-refractivity contribution >= 4 is 0 Å². The number of nitrogens with one attached hydrogen (secondary N) is 1. The van der Waals surface area contributed by atoms with E-state index in [2.05, 4.69) is 20.6 Å². The topological polar surface area (TPSA) is 77.0 Å². The van der Waals surface area contributed by atoms with Crippen LogP contribution in [0.5, 0.6) is 0 Å². The van der Waals surface area contributed by atoms with E-state index >= 15 is 0 Å². The Hall–Kier alpha value is -1.69. The quantitative estimate of drug-likeness (QED) is 0.935. The molecule has 2 aromatic heterocycles. The monoisotopic (exact) mass is 288 g/mol. The van der Waals surface area contributed by atoms with Gasteiger partial charge in [-0.15, -0.1) is 0 Å². The van der Waals surface area contributed by atoms with Crippen LogP contribution in [0, 0.1) is 5.92 Å². The molecule has 21 heavy (non-hydrogen) atoms. The molecular formula is C15H20N4O2. The number of fused-ring (bicyclic) bond motifs is 1. The summed E-state index contributed by atoms with van der Waals surface area (Å²) in [5.74, 6) is 2.97. The Bertz CT molecular complexity index is 580. The normalized spacial score (nSPS) is 29.2. The first kappa shape index (κ1) is 13.0. The number of hydrogen-bond donors (Lipinski definition) is 1. The van der Waals surface area contributed by atoms with Crippen molar-refractivity contribution in [1.82, 2.24) is 20.6 Å². The lowest BCUT2D eigenvalue weighted by Crippen LogP contribution is -2.44. The molecule has 3 atom stereocenters. The maximum Gasteiger partial charge on any atom is 0.243 e. The van der Waals surface area contributed by atoms with Gasteiger partial charge in [0, 0.05) is 12.1 Å². The van der Waals surface area contributed by atoms with Gasteiger partial charge in [0.25, 0.3) is 0 Å². The number of rotatable bonds is 3. The molecule has 0 bridgehead atoms. The second-order valence-electron chi connectivity index (χ2n) is 6.15. The Kier molecular flexibility index (Phi) is 3.47. The van der Waals surface area contributed by atoms with E-state index in [-0.39, 0.29) is 6.04 Å². The average molecular weight is 288 g/mol. The largest absolute Gasteiger partial charge is 0.361 e. The fourth-order valence-corrected chi connectivity index (χ4v) is 3.66. The first-order valence-electron chi connectivity index (χ1n) is 7.86. The van der Waals surface area contributed by atoms with Crippen molar-refractivity contribution in [1.29, 1.82) is 0 Å². The Morgan fingerprint density at radius 3 is 3.00 bits per heavy atom. The van der Waals surface area contributed by atoms with Crippen LogP contribution in [0.15, 0.2) is 21.3 Å². The minimum atomic E-state index is 0.209. The van der Waals surface area contributed by atoms with Crippen LogP contribution in [0.2, 0.25) is 0 Å². The van der Waals surface area contributed by atoms with Crippen LogP contribution in [-0.4, -0.2) is 21.3 Å². The smallest absolute Gasteiger partial charge is 0.243 e. The maximum atomic E-state index is 5.45. The predicted molar refractivity (Wildman–Crippen MR) is 74.5 cm³/mol. The zero-order valence-electron chi connectivity index (χ0n) is 12.0. The molecule has 1 N–H and O–H groups in total. The van der Waals surface area contributed by atoms with Gasteiger partial charge in [0.15, 0.2) is 5.82 Å². The Morgan fingerprint density at radius 2 is 2.10 bits per heavy atom. The van der Waals surface area contributed by atoms with Gasteiger partial charge in [-0.3, -0.25) is 0 Å². The third-order valence-corrected chi connectivity index (χ3v) is 4.76. The fraction of sp³-hybridized carbons (Fsp3) is 0.667. The zero-order valence-corrected chi connectivity index (χ0v) is 12.0. The molecule has 6 heteroatoms. The van der Waals surface area contributed by atoms with E-state index in [1.54, 1.807) is 6.20 Å². The molecule has 0 radical (unpaired) electrons. The SMILES string of the molecule is c1cc(Cc2noc(C3CCC4CCCCC4N3)n2)on1. The van der Waals surface area contributed by atoms with Crippen LogP contribution in [0.3, 0.4) is 0 Å². The number of nitrogens with zero attached hydrogens (tertiary/aromatic N) is 3.